The maximum Gasteiger partial charge on any atom is 0.238 e. The standard InChI is InChI=1S/C13H19BrN2O2/c1-13(2,9-17)8-15-7-12(18)16-11-5-3-10(14)4-6-11/h3-6,15,17H,7-9H2,1-2H3,(H,16,18). The number of carbonyl (C=O) groups is 1. The first-order valence-corrected chi connectivity index (χ1v) is 6.59. The van der Waals surface area contributed by atoms with Crippen molar-refractivity contribution >= 4 is 27.5 Å². The Kier molecular flexibility index (Phi) is 5.78. The molecule has 0 saturated carbocycles. The molecule has 0 spiro atoms. The van der Waals surface area contributed by atoms with Crippen LogP contribution < -0.4 is 10.6 Å². The minimum absolute atomic E-state index is 0.0916. The predicted molar refractivity (Wildman–Crippen MR) is 76.5 cm³/mol. The van der Waals surface area contributed by atoms with E-state index in [0.29, 0.717) is 6.54 Å². The second kappa shape index (κ2) is 6.87. The molecule has 0 aliphatic heterocycles. The molecule has 0 aliphatic rings. The number of aliphatic hydroxyl groups excluding tert-OH is 1. The summed E-state index contributed by atoms with van der Waals surface area (Å²) in [6.45, 7) is 4.80. The molecule has 5 heteroatoms. The van der Waals surface area contributed by atoms with Crippen LogP contribution in [-0.2, 0) is 4.79 Å². The highest BCUT2D eigenvalue weighted by atomic mass is 79.9. The van der Waals surface area contributed by atoms with E-state index in [0.717, 1.165) is 10.2 Å². The van der Waals surface area contributed by atoms with Gasteiger partial charge in [-0.05, 0) is 24.3 Å². The topological polar surface area (TPSA) is 61.4 Å². The molecule has 1 amide bonds. The van der Waals surface area contributed by atoms with Crippen LogP contribution in [0.2, 0.25) is 0 Å². The molecular formula is C13H19BrN2O2. The van der Waals surface area contributed by atoms with Gasteiger partial charge in [-0.15, -0.1) is 0 Å². The SMILES string of the molecule is CC(C)(CO)CNCC(=O)Nc1ccc(Br)cc1. The Bertz CT molecular complexity index is 390. The van der Waals surface area contributed by atoms with Crippen molar-refractivity contribution in [2.45, 2.75) is 13.8 Å². The van der Waals surface area contributed by atoms with Crippen LogP contribution in [-0.4, -0.2) is 30.7 Å². The van der Waals surface area contributed by atoms with Gasteiger partial charge < -0.3 is 15.7 Å². The summed E-state index contributed by atoms with van der Waals surface area (Å²) in [5.41, 5.74) is 0.559. The summed E-state index contributed by atoms with van der Waals surface area (Å²) in [6.07, 6.45) is 0. The van der Waals surface area contributed by atoms with Crippen LogP contribution in [0.1, 0.15) is 13.8 Å². The van der Waals surface area contributed by atoms with Crippen molar-refractivity contribution in [1.82, 2.24) is 5.32 Å². The molecule has 0 aromatic heterocycles. The summed E-state index contributed by atoms with van der Waals surface area (Å²) in [5, 5.41) is 14.9. The van der Waals surface area contributed by atoms with E-state index < -0.39 is 0 Å². The normalized spacial score (nSPS) is 11.3. The zero-order valence-electron chi connectivity index (χ0n) is 10.7. The lowest BCUT2D eigenvalue weighted by Crippen LogP contribution is -2.36. The van der Waals surface area contributed by atoms with Crippen LogP contribution in [0.4, 0.5) is 5.69 Å². The van der Waals surface area contributed by atoms with Crippen molar-refractivity contribution in [1.29, 1.82) is 0 Å². The smallest absolute Gasteiger partial charge is 0.238 e. The summed E-state index contributed by atoms with van der Waals surface area (Å²) in [4.78, 5) is 11.6. The summed E-state index contributed by atoms with van der Waals surface area (Å²) < 4.78 is 0.975. The number of nitrogens with one attached hydrogen (secondary N) is 2. The molecule has 0 saturated heterocycles. The Labute approximate surface area is 116 Å². The Morgan fingerprint density at radius 1 is 1.33 bits per heavy atom. The van der Waals surface area contributed by atoms with E-state index in [4.69, 9.17) is 5.11 Å². The summed E-state index contributed by atoms with van der Waals surface area (Å²) in [5.74, 6) is -0.0916. The molecule has 100 valence electrons. The first kappa shape index (κ1) is 15.1. The van der Waals surface area contributed by atoms with Gasteiger partial charge in [0.2, 0.25) is 5.91 Å². The summed E-state index contributed by atoms with van der Waals surface area (Å²) in [6, 6.07) is 7.41. The predicted octanol–water partition coefficient (Wildman–Crippen LogP) is 2.00. The second-order valence-electron chi connectivity index (χ2n) is 4.98. The average Bonchev–Trinajstić information content (AvgIpc) is 2.32. The molecule has 0 aliphatic carbocycles. The third-order valence-corrected chi connectivity index (χ3v) is 2.97. The van der Waals surface area contributed by atoms with Crippen molar-refractivity contribution in [2.75, 3.05) is 25.0 Å². The van der Waals surface area contributed by atoms with Crippen LogP contribution in [0.15, 0.2) is 28.7 Å². The number of hydrogen-bond acceptors (Lipinski definition) is 3. The highest BCUT2D eigenvalue weighted by molar-refractivity contribution is 9.10. The number of rotatable bonds is 6. The fourth-order valence-electron chi connectivity index (χ4n) is 1.31. The minimum atomic E-state index is -0.210. The van der Waals surface area contributed by atoms with Gasteiger partial charge in [0, 0.05) is 28.7 Å². The van der Waals surface area contributed by atoms with Gasteiger partial charge in [0.05, 0.1) is 6.54 Å². The molecule has 1 rings (SSSR count). The van der Waals surface area contributed by atoms with E-state index in [1.165, 1.54) is 0 Å². The number of aliphatic hydroxyl groups is 1. The molecule has 0 radical (unpaired) electrons. The van der Waals surface area contributed by atoms with Gasteiger partial charge in [0.1, 0.15) is 0 Å². The largest absolute Gasteiger partial charge is 0.396 e. The number of amides is 1. The van der Waals surface area contributed by atoms with Crippen molar-refractivity contribution in [3.05, 3.63) is 28.7 Å². The van der Waals surface area contributed by atoms with Crippen molar-refractivity contribution < 1.29 is 9.90 Å². The Hall–Kier alpha value is -0.910. The van der Waals surface area contributed by atoms with Gasteiger partial charge >= 0.3 is 0 Å². The Morgan fingerprint density at radius 3 is 2.50 bits per heavy atom. The van der Waals surface area contributed by atoms with Crippen LogP contribution in [0, 0.1) is 5.41 Å². The molecule has 1 aromatic rings. The van der Waals surface area contributed by atoms with Gasteiger partial charge in [0.15, 0.2) is 0 Å². The van der Waals surface area contributed by atoms with Crippen molar-refractivity contribution in [3.63, 3.8) is 0 Å². The van der Waals surface area contributed by atoms with E-state index in [9.17, 15) is 4.79 Å². The zero-order chi connectivity index (χ0) is 13.6. The van der Waals surface area contributed by atoms with Crippen LogP contribution in [0.25, 0.3) is 0 Å². The van der Waals surface area contributed by atoms with Gasteiger partial charge in [-0.1, -0.05) is 29.8 Å². The molecule has 0 unspecified atom stereocenters. The molecule has 1 aromatic carbocycles. The van der Waals surface area contributed by atoms with E-state index >= 15 is 0 Å². The van der Waals surface area contributed by atoms with Crippen molar-refractivity contribution in [3.8, 4) is 0 Å². The first-order chi connectivity index (χ1) is 8.43. The molecule has 18 heavy (non-hydrogen) atoms. The van der Waals surface area contributed by atoms with Gasteiger partial charge in [-0.25, -0.2) is 0 Å². The highest BCUT2D eigenvalue weighted by Crippen LogP contribution is 2.14. The zero-order valence-corrected chi connectivity index (χ0v) is 12.3. The first-order valence-electron chi connectivity index (χ1n) is 5.80. The third-order valence-electron chi connectivity index (χ3n) is 2.45. The van der Waals surface area contributed by atoms with Crippen LogP contribution in [0.3, 0.4) is 0 Å². The molecule has 0 bridgehead atoms. The van der Waals surface area contributed by atoms with Crippen LogP contribution >= 0.6 is 15.9 Å². The maximum atomic E-state index is 11.6. The monoisotopic (exact) mass is 314 g/mol. The quantitative estimate of drug-likeness (QED) is 0.752. The number of carbonyl (C=O) groups excluding carboxylic acids is 1. The lowest BCUT2D eigenvalue weighted by Gasteiger charge is -2.21. The molecule has 3 N–H and O–H groups in total. The molecular weight excluding hydrogens is 296 g/mol. The summed E-state index contributed by atoms with van der Waals surface area (Å²) in [7, 11) is 0. The lowest BCUT2D eigenvalue weighted by molar-refractivity contribution is -0.115. The second-order valence-corrected chi connectivity index (χ2v) is 5.90. The maximum absolute atomic E-state index is 11.6. The average molecular weight is 315 g/mol. The number of halogens is 1. The highest BCUT2D eigenvalue weighted by Gasteiger charge is 2.16. The van der Waals surface area contributed by atoms with E-state index in [1.807, 2.05) is 38.1 Å². The number of benzene rings is 1. The molecule has 0 heterocycles. The van der Waals surface area contributed by atoms with E-state index in [-0.39, 0.29) is 24.5 Å². The number of anilines is 1. The third kappa shape index (κ3) is 5.62. The van der Waals surface area contributed by atoms with Crippen LogP contribution in [0.5, 0.6) is 0 Å². The van der Waals surface area contributed by atoms with Gasteiger partial charge in [-0.3, -0.25) is 4.79 Å². The molecule has 0 atom stereocenters. The molecule has 4 nitrogen and oxygen atoms in total. The fourth-order valence-corrected chi connectivity index (χ4v) is 1.57. The van der Waals surface area contributed by atoms with Crippen molar-refractivity contribution in [2.24, 2.45) is 5.41 Å². The Balaban J connectivity index is 2.32. The fraction of sp³-hybridized carbons (Fsp3) is 0.462. The van der Waals surface area contributed by atoms with E-state index in [2.05, 4.69) is 26.6 Å². The lowest BCUT2D eigenvalue weighted by atomic mass is 9.95. The minimum Gasteiger partial charge on any atom is -0.396 e. The molecule has 0 fully saturated rings. The van der Waals surface area contributed by atoms with Gasteiger partial charge in [-0.2, -0.15) is 0 Å². The summed E-state index contributed by atoms with van der Waals surface area (Å²) >= 11 is 3.33. The number of hydrogen-bond donors (Lipinski definition) is 3. The van der Waals surface area contributed by atoms with E-state index in [1.54, 1.807) is 0 Å². The van der Waals surface area contributed by atoms with Gasteiger partial charge in [0.25, 0.3) is 0 Å². The Morgan fingerprint density at radius 2 is 1.94 bits per heavy atom.